The normalized spacial score (nSPS) is 10.9. The summed E-state index contributed by atoms with van der Waals surface area (Å²) >= 11 is 0. The average Bonchev–Trinajstić information content (AvgIpc) is 2.55. The molecule has 0 N–H and O–H groups in total. The van der Waals surface area contributed by atoms with Crippen molar-refractivity contribution in [3.05, 3.63) is 84.9 Å². The smallest absolute Gasteiger partial charge is 0.136 e. The molecule has 4 aromatic carbocycles. The highest BCUT2D eigenvalue weighted by atomic mass is 16.5. The molecule has 0 unspecified atom stereocenters. The molecular formula is C20H12O. The maximum atomic E-state index is 5.88. The standard InChI is InChI=1S/C20H12O/c1-3-7-17-13-19(11-9-15(17)5-1)21-20-12-10-16-6-2-4-8-18(16)14-20/h1-12H. The molecule has 0 spiro atoms. The summed E-state index contributed by atoms with van der Waals surface area (Å²) in [6.07, 6.45) is 0. The summed E-state index contributed by atoms with van der Waals surface area (Å²) in [5.41, 5.74) is 0. The Hall–Kier alpha value is -2.80. The zero-order valence-electron chi connectivity index (χ0n) is 11.3. The highest BCUT2D eigenvalue weighted by Crippen LogP contribution is 2.27. The minimum absolute atomic E-state index is 0.709. The van der Waals surface area contributed by atoms with Crippen LogP contribution in [-0.4, -0.2) is 0 Å². The zero-order valence-corrected chi connectivity index (χ0v) is 11.3. The van der Waals surface area contributed by atoms with E-state index in [0.29, 0.717) is 11.5 Å². The van der Waals surface area contributed by atoms with Gasteiger partial charge in [-0.2, -0.15) is 0 Å². The van der Waals surface area contributed by atoms with Crippen LogP contribution in [0.25, 0.3) is 21.5 Å². The average molecular weight is 268 g/mol. The Bertz CT molecular complexity index is 847. The third-order valence-electron chi connectivity index (χ3n) is 3.49. The minimum Gasteiger partial charge on any atom is -0.456 e. The molecule has 0 heterocycles. The zero-order chi connectivity index (χ0) is 14.1. The monoisotopic (exact) mass is 268 g/mol. The van der Waals surface area contributed by atoms with E-state index in [1.807, 2.05) is 60.7 Å². The molecule has 0 aliphatic heterocycles. The number of fused-ring (bicyclic) bond motifs is 2. The second-order valence-electron chi connectivity index (χ2n) is 4.92. The van der Waals surface area contributed by atoms with Gasteiger partial charge in [-0.3, -0.25) is 0 Å². The number of hydrogen-bond donors (Lipinski definition) is 0. The first-order valence-corrected chi connectivity index (χ1v) is 6.88. The van der Waals surface area contributed by atoms with Gasteiger partial charge in [0.1, 0.15) is 11.5 Å². The molecule has 0 aliphatic rings. The summed E-state index contributed by atoms with van der Waals surface area (Å²) < 4.78 is 5.88. The highest BCUT2D eigenvalue weighted by Gasteiger charge is 2.02. The van der Waals surface area contributed by atoms with Gasteiger partial charge in [0.05, 0.1) is 0 Å². The van der Waals surface area contributed by atoms with Gasteiger partial charge in [-0.25, -0.2) is 0 Å². The lowest BCUT2D eigenvalue weighted by Crippen LogP contribution is -1.85. The number of hydrogen-bond acceptors (Lipinski definition) is 1. The predicted octanol–water partition coefficient (Wildman–Crippen LogP) is 5.39. The summed E-state index contributed by atoms with van der Waals surface area (Å²) in [6.45, 7) is 0. The van der Waals surface area contributed by atoms with Crippen molar-refractivity contribution < 1.29 is 4.74 Å². The molecule has 21 heavy (non-hydrogen) atoms. The van der Waals surface area contributed by atoms with E-state index in [9.17, 15) is 0 Å². The number of ether oxygens (including phenoxy) is 1. The lowest BCUT2D eigenvalue weighted by atomic mass is 10.1. The van der Waals surface area contributed by atoms with Gasteiger partial charge in [-0.05, 0) is 33.7 Å². The Morgan fingerprint density at radius 2 is 1.00 bits per heavy atom. The second kappa shape index (κ2) is 4.95. The maximum absolute atomic E-state index is 5.88. The Kier molecular flexibility index (Phi) is 2.82. The number of rotatable bonds is 2. The van der Waals surface area contributed by atoms with E-state index >= 15 is 0 Å². The quantitative estimate of drug-likeness (QED) is 0.474. The van der Waals surface area contributed by atoms with Gasteiger partial charge in [0.2, 0.25) is 0 Å². The van der Waals surface area contributed by atoms with Crippen molar-refractivity contribution in [1.82, 2.24) is 0 Å². The van der Waals surface area contributed by atoms with E-state index < -0.39 is 0 Å². The van der Waals surface area contributed by atoms with Crippen molar-refractivity contribution in [2.24, 2.45) is 0 Å². The third kappa shape index (κ3) is 2.34. The molecule has 4 aromatic rings. The molecule has 0 aliphatic carbocycles. The largest absolute Gasteiger partial charge is 0.456 e. The Morgan fingerprint density at radius 3 is 1.52 bits per heavy atom. The molecular weight excluding hydrogens is 256 g/mol. The summed E-state index contributed by atoms with van der Waals surface area (Å²) in [7, 11) is 0. The second-order valence-corrected chi connectivity index (χ2v) is 4.92. The van der Waals surface area contributed by atoms with Crippen molar-refractivity contribution >= 4 is 21.5 Å². The molecule has 0 fully saturated rings. The molecule has 0 atom stereocenters. The van der Waals surface area contributed by atoms with Crippen molar-refractivity contribution in [3.63, 3.8) is 0 Å². The molecule has 2 radical (unpaired) electrons. The van der Waals surface area contributed by atoms with Crippen LogP contribution in [0.2, 0.25) is 0 Å². The fourth-order valence-corrected chi connectivity index (χ4v) is 2.43. The first-order valence-electron chi connectivity index (χ1n) is 6.88. The van der Waals surface area contributed by atoms with Gasteiger partial charge < -0.3 is 4.74 Å². The van der Waals surface area contributed by atoms with E-state index in [1.165, 1.54) is 0 Å². The van der Waals surface area contributed by atoms with E-state index in [0.717, 1.165) is 21.5 Å². The van der Waals surface area contributed by atoms with E-state index in [1.54, 1.807) is 0 Å². The molecule has 98 valence electrons. The van der Waals surface area contributed by atoms with Gasteiger partial charge in [-0.15, -0.1) is 0 Å². The molecule has 0 aromatic heterocycles. The minimum atomic E-state index is 0.709. The van der Waals surface area contributed by atoms with Crippen molar-refractivity contribution in [2.45, 2.75) is 0 Å². The molecule has 1 nitrogen and oxygen atoms in total. The highest BCUT2D eigenvalue weighted by molar-refractivity contribution is 5.84. The lowest BCUT2D eigenvalue weighted by molar-refractivity contribution is 0.482. The first kappa shape index (κ1) is 12.0. The summed E-state index contributed by atoms with van der Waals surface area (Å²) in [5, 5.41) is 4.42. The predicted molar refractivity (Wildman–Crippen MR) is 85.6 cm³/mol. The van der Waals surface area contributed by atoms with Crippen molar-refractivity contribution in [1.29, 1.82) is 0 Å². The van der Waals surface area contributed by atoms with Crippen molar-refractivity contribution in [2.75, 3.05) is 0 Å². The van der Waals surface area contributed by atoms with Gasteiger partial charge in [-0.1, -0.05) is 60.7 Å². The Morgan fingerprint density at radius 1 is 0.524 bits per heavy atom. The molecule has 4 rings (SSSR count). The maximum Gasteiger partial charge on any atom is 0.136 e. The van der Waals surface area contributed by atoms with Gasteiger partial charge in [0.15, 0.2) is 0 Å². The van der Waals surface area contributed by atoms with Crippen LogP contribution < -0.4 is 4.74 Å². The van der Waals surface area contributed by atoms with Crippen LogP contribution in [-0.2, 0) is 0 Å². The van der Waals surface area contributed by atoms with Crippen molar-refractivity contribution in [3.8, 4) is 11.5 Å². The van der Waals surface area contributed by atoms with Crippen LogP contribution >= 0.6 is 0 Å². The SMILES string of the molecule is [c]1c(Oc2[c]c3ccccc3cc2)ccc2ccccc12. The fourth-order valence-electron chi connectivity index (χ4n) is 2.43. The third-order valence-corrected chi connectivity index (χ3v) is 3.49. The molecule has 1 heteroatoms. The van der Waals surface area contributed by atoms with Crippen LogP contribution in [0.15, 0.2) is 72.8 Å². The van der Waals surface area contributed by atoms with E-state index in [4.69, 9.17) is 4.74 Å². The summed E-state index contributed by atoms with van der Waals surface area (Å²) in [5.74, 6) is 1.42. The van der Waals surface area contributed by atoms with Crippen LogP contribution in [0.3, 0.4) is 0 Å². The first-order chi connectivity index (χ1) is 10.4. The number of benzene rings is 4. The van der Waals surface area contributed by atoms with E-state index in [-0.39, 0.29) is 0 Å². The van der Waals surface area contributed by atoms with Crippen LogP contribution in [0, 0.1) is 12.1 Å². The Labute approximate surface area is 123 Å². The van der Waals surface area contributed by atoms with Crippen LogP contribution in [0.4, 0.5) is 0 Å². The molecule has 0 saturated carbocycles. The topological polar surface area (TPSA) is 9.23 Å². The lowest BCUT2D eigenvalue weighted by Gasteiger charge is -2.07. The summed E-state index contributed by atoms with van der Waals surface area (Å²) in [4.78, 5) is 0. The van der Waals surface area contributed by atoms with Crippen LogP contribution in [0.1, 0.15) is 0 Å². The Balaban J connectivity index is 1.71. The molecule has 0 bridgehead atoms. The molecule has 0 amide bonds. The molecule has 0 saturated heterocycles. The van der Waals surface area contributed by atoms with Crippen LogP contribution in [0.5, 0.6) is 11.5 Å². The van der Waals surface area contributed by atoms with Gasteiger partial charge in [0.25, 0.3) is 0 Å². The fraction of sp³-hybridized carbons (Fsp3) is 0. The van der Waals surface area contributed by atoms with E-state index in [2.05, 4.69) is 24.3 Å². The van der Waals surface area contributed by atoms with Gasteiger partial charge >= 0.3 is 0 Å². The summed E-state index contributed by atoms with van der Waals surface area (Å²) in [6, 6.07) is 30.8. The van der Waals surface area contributed by atoms with Gasteiger partial charge in [0, 0.05) is 12.1 Å².